The third kappa shape index (κ3) is 2.28. The van der Waals surface area contributed by atoms with Gasteiger partial charge in [-0.15, -0.1) is 11.3 Å². The number of carboxylic acids is 1. The lowest BCUT2D eigenvalue weighted by molar-refractivity contribution is -0.140. The summed E-state index contributed by atoms with van der Waals surface area (Å²) in [5.74, 6) is -1.23. The van der Waals surface area contributed by atoms with Crippen LogP contribution in [0.3, 0.4) is 0 Å². The first-order valence-electron chi connectivity index (χ1n) is 5.31. The molecule has 1 aliphatic rings. The van der Waals surface area contributed by atoms with Crippen LogP contribution in [0, 0.1) is 6.92 Å². The predicted molar refractivity (Wildman–Crippen MR) is 65.0 cm³/mol. The van der Waals surface area contributed by atoms with Crippen LogP contribution in [0.15, 0.2) is 16.3 Å². The number of aliphatic hydroxyl groups excluding tert-OH is 1. The molecule has 1 aromatic heterocycles. The maximum atomic E-state index is 12.3. The maximum Gasteiger partial charge on any atom is 0.322 e. The lowest BCUT2D eigenvalue weighted by Gasteiger charge is -2.19. The van der Waals surface area contributed by atoms with Gasteiger partial charge in [0.25, 0.3) is 10.0 Å². The molecular weight excluding hydrogens is 278 g/mol. The van der Waals surface area contributed by atoms with E-state index in [0.29, 0.717) is 0 Å². The van der Waals surface area contributed by atoms with Crippen LogP contribution in [-0.4, -0.2) is 47.6 Å². The molecule has 0 amide bonds. The molecule has 1 unspecified atom stereocenters. The van der Waals surface area contributed by atoms with Crippen LogP contribution < -0.4 is 0 Å². The van der Waals surface area contributed by atoms with Gasteiger partial charge in [-0.05, 0) is 19.1 Å². The fourth-order valence-electron chi connectivity index (χ4n) is 1.94. The van der Waals surface area contributed by atoms with E-state index in [9.17, 15) is 18.3 Å². The first kappa shape index (κ1) is 13.5. The average molecular weight is 291 g/mol. The normalized spacial score (nSPS) is 25.4. The highest BCUT2D eigenvalue weighted by Crippen LogP contribution is 2.30. The van der Waals surface area contributed by atoms with Crippen molar-refractivity contribution in [3.63, 3.8) is 0 Å². The molecule has 1 aromatic rings. The smallest absolute Gasteiger partial charge is 0.322 e. The highest BCUT2D eigenvalue weighted by Gasteiger charge is 2.43. The SMILES string of the molecule is Cc1ccc(S(=O)(=O)N2CC(O)C[C@H]2C(=O)O)s1. The van der Waals surface area contributed by atoms with Gasteiger partial charge in [0, 0.05) is 17.8 Å². The highest BCUT2D eigenvalue weighted by atomic mass is 32.2. The Bertz CT molecular complexity index is 565. The number of aliphatic carboxylic acids is 1. The van der Waals surface area contributed by atoms with Crippen molar-refractivity contribution in [1.82, 2.24) is 4.31 Å². The molecule has 0 saturated carbocycles. The summed E-state index contributed by atoms with van der Waals surface area (Å²) in [7, 11) is -3.83. The van der Waals surface area contributed by atoms with Crippen LogP contribution in [0.5, 0.6) is 0 Å². The van der Waals surface area contributed by atoms with Crippen molar-refractivity contribution in [3.05, 3.63) is 17.0 Å². The van der Waals surface area contributed by atoms with E-state index in [4.69, 9.17) is 5.11 Å². The van der Waals surface area contributed by atoms with Crippen molar-refractivity contribution in [3.8, 4) is 0 Å². The van der Waals surface area contributed by atoms with Crippen molar-refractivity contribution in [2.75, 3.05) is 6.54 Å². The summed E-state index contributed by atoms with van der Waals surface area (Å²) in [6, 6.07) is 1.94. The van der Waals surface area contributed by atoms with Crippen molar-refractivity contribution in [2.45, 2.75) is 29.7 Å². The highest BCUT2D eigenvalue weighted by molar-refractivity contribution is 7.91. The van der Waals surface area contributed by atoms with Gasteiger partial charge in [0.15, 0.2) is 0 Å². The Labute approximate surface area is 109 Å². The molecule has 2 N–H and O–H groups in total. The molecule has 0 bridgehead atoms. The minimum atomic E-state index is -3.83. The van der Waals surface area contributed by atoms with E-state index in [2.05, 4.69) is 0 Å². The molecule has 2 rings (SSSR count). The van der Waals surface area contributed by atoms with Gasteiger partial charge in [-0.1, -0.05) is 0 Å². The van der Waals surface area contributed by atoms with Gasteiger partial charge in [-0.2, -0.15) is 4.31 Å². The third-order valence-corrected chi connectivity index (χ3v) is 6.14. The standard InChI is InChI=1S/C10H13NO5S2/c1-6-2-3-9(17-6)18(15,16)11-5-7(12)4-8(11)10(13)14/h2-3,7-8,12H,4-5H2,1H3,(H,13,14)/t7?,8-/m0/s1. The summed E-state index contributed by atoms with van der Waals surface area (Å²) < 4.78 is 25.5. The minimum absolute atomic E-state index is 0.0705. The quantitative estimate of drug-likeness (QED) is 0.833. The summed E-state index contributed by atoms with van der Waals surface area (Å²) in [6.07, 6.45) is -0.999. The number of β-amino-alcohol motifs (C(OH)–C–C–N with tert-alkyl or cyclic N) is 1. The monoisotopic (exact) mass is 291 g/mol. The number of hydrogen-bond donors (Lipinski definition) is 2. The molecule has 1 fully saturated rings. The molecule has 2 heterocycles. The van der Waals surface area contributed by atoms with Gasteiger partial charge in [0.1, 0.15) is 10.3 Å². The van der Waals surface area contributed by atoms with Crippen LogP contribution in [0.25, 0.3) is 0 Å². The van der Waals surface area contributed by atoms with E-state index in [0.717, 1.165) is 20.5 Å². The zero-order chi connectivity index (χ0) is 13.5. The molecule has 0 aromatic carbocycles. The lowest BCUT2D eigenvalue weighted by Crippen LogP contribution is -2.40. The third-order valence-electron chi connectivity index (χ3n) is 2.80. The minimum Gasteiger partial charge on any atom is -0.480 e. The molecule has 1 aliphatic heterocycles. The largest absolute Gasteiger partial charge is 0.480 e. The number of thiophene rings is 1. The fourth-order valence-corrected chi connectivity index (χ4v) is 4.98. The maximum absolute atomic E-state index is 12.3. The fraction of sp³-hybridized carbons (Fsp3) is 0.500. The number of carboxylic acid groups (broad SMARTS) is 1. The Morgan fingerprint density at radius 2 is 2.17 bits per heavy atom. The van der Waals surface area contributed by atoms with Crippen LogP contribution in [0.1, 0.15) is 11.3 Å². The van der Waals surface area contributed by atoms with E-state index in [-0.39, 0.29) is 17.2 Å². The molecule has 0 spiro atoms. The summed E-state index contributed by atoms with van der Waals surface area (Å²) in [5.41, 5.74) is 0. The molecule has 18 heavy (non-hydrogen) atoms. The van der Waals surface area contributed by atoms with Crippen molar-refractivity contribution >= 4 is 27.3 Å². The second kappa shape index (κ2) is 4.61. The number of carbonyl (C=O) groups is 1. The Kier molecular flexibility index (Phi) is 3.45. The molecule has 6 nitrogen and oxygen atoms in total. The van der Waals surface area contributed by atoms with Crippen LogP contribution in [0.4, 0.5) is 0 Å². The van der Waals surface area contributed by atoms with E-state index in [1.807, 2.05) is 0 Å². The van der Waals surface area contributed by atoms with E-state index < -0.39 is 28.1 Å². The zero-order valence-corrected chi connectivity index (χ0v) is 11.2. The van der Waals surface area contributed by atoms with Crippen LogP contribution in [-0.2, 0) is 14.8 Å². The predicted octanol–water partition coefficient (Wildman–Crippen LogP) is 0.265. The van der Waals surface area contributed by atoms with Crippen LogP contribution >= 0.6 is 11.3 Å². The molecule has 1 saturated heterocycles. The Morgan fingerprint density at radius 3 is 2.67 bits per heavy atom. The van der Waals surface area contributed by atoms with Gasteiger partial charge < -0.3 is 10.2 Å². The number of hydrogen-bond acceptors (Lipinski definition) is 5. The molecule has 0 aliphatic carbocycles. The van der Waals surface area contributed by atoms with Crippen molar-refractivity contribution < 1.29 is 23.4 Å². The first-order chi connectivity index (χ1) is 8.32. The molecule has 2 atom stereocenters. The molecule has 0 radical (unpaired) electrons. The summed E-state index contributed by atoms with van der Waals surface area (Å²) in [4.78, 5) is 11.9. The van der Waals surface area contributed by atoms with E-state index in [1.165, 1.54) is 6.07 Å². The van der Waals surface area contributed by atoms with Crippen molar-refractivity contribution in [1.29, 1.82) is 0 Å². The van der Waals surface area contributed by atoms with Gasteiger partial charge in [-0.25, -0.2) is 8.42 Å². The Hall–Kier alpha value is -0.960. The van der Waals surface area contributed by atoms with Gasteiger partial charge in [0.05, 0.1) is 6.10 Å². The van der Waals surface area contributed by atoms with Gasteiger partial charge in [-0.3, -0.25) is 4.79 Å². The summed E-state index contributed by atoms with van der Waals surface area (Å²) >= 11 is 1.09. The summed E-state index contributed by atoms with van der Waals surface area (Å²) in [5, 5.41) is 18.5. The molecule has 100 valence electrons. The topological polar surface area (TPSA) is 94.9 Å². The lowest BCUT2D eigenvalue weighted by atomic mass is 10.2. The molecular formula is C10H13NO5S2. The number of sulfonamides is 1. The van der Waals surface area contributed by atoms with E-state index in [1.54, 1.807) is 13.0 Å². The number of aryl methyl sites for hydroxylation is 1. The number of rotatable bonds is 3. The van der Waals surface area contributed by atoms with E-state index >= 15 is 0 Å². The second-order valence-corrected chi connectivity index (χ2v) is 7.59. The second-order valence-electron chi connectivity index (χ2n) is 4.18. The Balaban J connectivity index is 2.38. The van der Waals surface area contributed by atoms with Gasteiger partial charge in [0.2, 0.25) is 0 Å². The van der Waals surface area contributed by atoms with Gasteiger partial charge >= 0.3 is 5.97 Å². The van der Waals surface area contributed by atoms with Crippen molar-refractivity contribution in [2.24, 2.45) is 0 Å². The Morgan fingerprint density at radius 1 is 1.50 bits per heavy atom. The zero-order valence-electron chi connectivity index (χ0n) is 9.61. The summed E-state index contributed by atoms with van der Waals surface area (Å²) in [6.45, 7) is 1.60. The first-order valence-corrected chi connectivity index (χ1v) is 7.57. The number of aliphatic hydroxyl groups is 1. The molecule has 8 heteroatoms. The average Bonchev–Trinajstić information content (AvgIpc) is 2.84. The number of nitrogens with zero attached hydrogens (tertiary/aromatic N) is 1. The van der Waals surface area contributed by atoms with Crippen LogP contribution in [0.2, 0.25) is 0 Å².